The van der Waals surface area contributed by atoms with Gasteiger partial charge < -0.3 is 5.32 Å². The highest BCUT2D eigenvalue weighted by Gasteiger charge is 2.16. The van der Waals surface area contributed by atoms with Crippen molar-refractivity contribution >= 4 is 15.9 Å². The minimum atomic E-state index is -0.226. The summed E-state index contributed by atoms with van der Waals surface area (Å²) >= 11 is 3.48. The average Bonchev–Trinajstić information content (AvgIpc) is 2.88. The molecule has 2 aromatic rings. The Morgan fingerprint density at radius 2 is 2.10 bits per heavy atom. The smallest absolute Gasteiger partial charge is 0.123 e. The molecule has 2 rings (SSSR count). The van der Waals surface area contributed by atoms with Gasteiger partial charge in [-0.1, -0.05) is 15.9 Å². The van der Waals surface area contributed by atoms with Gasteiger partial charge in [-0.3, -0.25) is 4.68 Å². The Morgan fingerprint density at radius 1 is 1.35 bits per heavy atom. The van der Waals surface area contributed by atoms with Gasteiger partial charge in [-0.15, -0.1) is 0 Å². The van der Waals surface area contributed by atoms with Crippen LogP contribution < -0.4 is 5.32 Å². The van der Waals surface area contributed by atoms with Crippen LogP contribution in [0.15, 0.2) is 34.9 Å². The SMILES string of the molecule is CNC(Cc1ccn(C(C)C)n1)c1cc(F)ccc1Br. The Balaban J connectivity index is 2.21. The van der Waals surface area contributed by atoms with Gasteiger partial charge in [0.15, 0.2) is 0 Å². The molecular formula is C15H19BrFN3. The van der Waals surface area contributed by atoms with Gasteiger partial charge in [0.05, 0.1) is 5.69 Å². The topological polar surface area (TPSA) is 29.9 Å². The van der Waals surface area contributed by atoms with Crippen LogP contribution in [-0.2, 0) is 6.42 Å². The Hall–Kier alpha value is -1.20. The van der Waals surface area contributed by atoms with E-state index in [0.29, 0.717) is 6.04 Å². The lowest BCUT2D eigenvalue weighted by Crippen LogP contribution is -2.20. The Bertz CT molecular complexity index is 580. The van der Waals surface area contributed by atoms with Crippen molar-refractivity contribution in [1.29, 1.82) is 0 Å². The zero-order valence-corrected chi connectivity index (χ0v) is 13.5. The summed E-state index contributed by atoms with van der Waals surface area (Å²) in [5, 5.41) is 7.77. The molecule has 1 atom stereocenters. The van der Waals surface area contributed by atoms with Crippen LogP contribution in [0.3, 0.4) is 0 Å². The Labute approximate surface area is 127 Å². The predicted molar refractivity (Wildman–Crippen MR) is 82.2 cm³/mol. The van der Waals surface area contributed by atoms with Crippen molar-refractivity contribution in [2.75, 3.05) is 7.05 Å². The Morgan fingerprint density at radius 3 is 2.70 bits per heavy atom. The van der Waals surface area contributed by atoms with Crippen molar-refractivity contribution in [3.8, 4) is 0 Å². The monoisotopic (exact) mass is 339 g/mol. The molecule has 0 aliphatic heterocycles. The fraction of sp³-hybridized carbons (Fsp3) is 0.400. The van der Waals surface area contributed by atoms with E-state index in [1.807, 2.05) is 24.0 Å². The molecule has 0 saturated carbocycles. The van der Waals surface area contributed by atoms with Crippen LogP contribution in [0.5, 0.6) is 0 Å². The number of hydrogen-bond acceptors (Lipinski definition) is 2. The van der Waals surface area contributed by atoms with Gasteiger partial charge in [-0.2, -0.15) is 5.10 Å². The maximum Gasteiger partial charge on any atom is 0.123 e. The lowest BCUT2D eigenvalue weighted by molar-refractivity contribution is 0.513. The first-order valence-electron chi connectivity index (χ1n) is 6.67. The van der Waals surface area contributed by atoms with Crippen LogP contribution in [0.25, 0.3) is 0 Å². The number of benzene rings is 1. The fourth-order valence-corrected chi connectivity index (χ4v) is 2.66. The number of aromatic nitrogens is 2. The molecule has 5 heteroatoms. The molecular weight excluding hydrogens is 321 g/mol. The normalized spacial score (nSPS) is 12.9. The first kappa shape index (κ1) is 15.2. The van der Waals surface area contributed by atoms with Crippen molar-refractivity contribution < 1.29 is 4.39 Å². The van der Waals surface area contributed by atoms with Gasteiger partial charge >= 0.3 is 0 Å². The van der Waals surface area contributed by atoms with E-state index in [1.165, 1.54) is 6.07 Å². The second kappa shape index (κ2) is 6.50. The number of nitrogens with zero attached hydrogens (tertiary/aromatic N) is 2. The molecule has 0 saturated heterocycles. The van der Waals surface area contributed by atoms with E-state index in [9.17, 15) is 4.39 Å². The molecule has 1 heterocycles. The van der Waals surface area contributed by atoms with Crippen molar-refractivity contribution in [2.24, 2.45) is 0 Å². The maximum atomic E-state index is 13.4. The quantitative estimate of drug-likeness (QED) is 0.896. The van der Waals surface area contributed by atoms with Gasteiger partial charge in [0.2, 0.25) is 0 Å². The zero-order chi connectivity index (χ0) is 14.7. The molecule has 1 aromatic carbocycles. The van der Waals surface area contributed by atoms with Gasteiger partial charge in [0, 0.05) is 29.2 Å². The molecule has 0 spiro atoms. The predicted octanol–water partition coefficient (Wildman–Crippen LogP) is 3.87. The molecule has 1 N–H and O–H groups in total. The third-order valence-electron chi connectivity index (χ3n) is 3.29. The summed E-state index contributed by atoms with van der Waals surface area (Å²) in [5.41, 5.74) is 1.90. The molecule has 20 heavy (non-hydrogen) atoms. The van der Waals surface area contributed by atoms with E-state index in [0.717, 1.165) is 22.2 Å². The minimum Gasteiger partial charge on any atom is -0.313 e. The van der Waals surface area contributed by atoms with Gasteiger partial charge in [-0.05, 0) is 50.7 Å². The van der Waals surface area contributed by atoms with Crippen LogP contribution in [0.2, 0.25) is 0 Å². The van der Waals surface area contributed by atoms with E-state index < -0.39 is 0 Å². The van der Waals surface area contributed by atoms with Crippen molar-refractivity contribution in [2.45, 2.75) is 32.4 Å². The highest BCUT2D eigenvalue weighted by molar-refractivity contribution is 9.10. The van der Waals surface area contributed by atoms with Crippen molar-refractivity contribution in [1.82, 2.24) is 15.1 Å². The number of hydrogen-bond donors (Lipinski definition) is 1. The largest absolute Gasteiger partial charge is 0.313 e. The standard InChI is InChI=1S/C15H19BrFN3/c1-10(2)20-7-6-12(19-20)9-15(18-3)13-8-11(17)4-5-14(13)16/h4-8,10,15,18H,9H2,1-3H3. The average molecular weight is 340 g/mol. The molecule has 0 bridgehead atoms. The van der Waals surface area contributed by atoms with Crippen molar-refractivity contribution in [3.63, 3.8) is 0 Å². The lowest BCUT2D eigenvalue weighted by Gasteiger charge is -2.17. The summed E-state index contributed by atoms with van der Waals surface area (Å²) in [4.78, 5) is 0. The fourth-order valence-electron chi connectivity index (χ4n) is 2.13. The molecule has 0 fully saturated rings. The summed E-state index contributed by atoms with van der Waals surface area (Å²) in [6, 6.07) is 7.13. The molecule has 0 radical (unpaired) electrons. The maximum absolute atomic E-state index is 13.4. The van der Waals surface area contributed by atoms with Gasteiger partial charge in [0.1, 0.15) is 5.82 Å². The van der Waals surface area contributed by atoms with Crippen LogP contribution in [0, 0.1) is 5.82 Å². The number of rotatable bonds is 5. The van der Waals surface area contributed by atoms with E-state index in [4.69, 9.17) is 0 Å². The number of nitrogens with one attached hydrogen (secondary N) is 1. The Kier molecular flexibility index (Phi) is 4.94. The highest BCUT2D eigenvalue weighted by atomic mass is 79.9. The summed E-state index contributed by atoms with van der Waals surface area (Å²) < 4.78 is 16.3. The zero-order valence-electron chi connectivity index (χ0n) is 11.9. The summed E-state index contributed by atoms with van der Waals surface area (Å²) in [7, 11) is 1.88. The number of halogens is 2. The third-order valence-corrected chi connectivity index (χ3v) is 4.01. The molecule has 3 nitrogen and oxygen atoms in total. The van der Waals surface area contributed by atoms with Crippen LogP contribution in [-0.4, -0.2) is 16.8 Å². The minimum absolute atomic E-state index is 0.0237. The molecule has 1 unspecified atom stereocenters. The summed E-state index contributed by atoms with van der Waals surface area (Å²) in [6.45, 7) is 4.19. The van der Waals surface area contributed by atoms with E-state index in [1.54, 1.807) is 12.1 Å². The molecule has 0 aliphatic carbocycles. The van der Waals surface area contributed by atoms with Gasteiger partial charge in [0.25, 0.3) is 0 Å². The number of likely N-dealkylation sites (N-methyl/N-ethyl adjacent to an activating group) is 1. The van der Waals surface area contributed by atoms with Crippen LogP contribution >= 0.6 is 15.9 Å². The third kappa shape index (κ3) is 3.46. The van der Waals surface area contributed by atoms with Crippen molar-refractivity contribution in [3.05, 3.63) is 52.0 Å². The van der Waals surface area contributed by atoms with Crippen LogP contribution in [0.4, 0.5) is 4.39 Å². The second-order valence-electron chi connectivity index (χ2n) is 5.09. The highest BCUT2D eigenvalue weighted by Crippen LogP contribution is 2.26. The van der Waals surface area contributed by atoms with E-state index >= 15 is 0 Å². The molecule has 0 amide bonds. The summed E-state index contributed by atoms with van der Waals surface area (Å²) in [5.74, 6) is -0.226. The molecule has 1 aromatic heterocycles. The van der Waals surface area contributed by atoms with Gasteiger partial charge in [-0.25, -0.2) is 4.39 Å². The molecule has 0 aliphatic rings. The first-order valence-corrected chi connectivity index (χ1v) is 7.46. The summed E-state index contributed by atoms with van der Waals surface area (Å²) in [6.07, 6.45) is 2.70. The van der Waals surface area contributed by atoms with E-state index in [2.05, 4.69) is 40.2 Å². The second-order valence-corrected chi connectivity index (χ2v) is 5.95. The first-order chi connectivity index (χ1) is 9.51. The van der Waals surface area contributed by atoms with Crippen LogP contribution in [0.1, 0.15) is 37.2 Å². The van der Waals surface area contributed by atoms with E-state index in [-0.39, 0.29) is 11.9 Å². The molecule has 108 valence electrons. The lowest BCUT2D eigenvalue weighted by atomic mass is 10.0.